The molecular weight excluding hydrogens is 797 g/mol. The number of rotatable bonds is 9. The van der Waals surface area contributed by atoms with E-state index in [4.69, 9.17) is 0 Å². The van der Waals surface area contributed by atoms with E-state index in [1.807, 2.05) is 0 Å². The monoisotopic (exact) mass is 905 g/mol. The van der Waals surface area contributed by atoms with Crippen molar-refractivity contribution in [1.82, 2.24) is 9.80 Å². The molecule has 12 unspecified atom stereocenters. The summed E-state index contributed by atoms with van der Waals surface area (Å²) in [4.78, 5) is 6.71. The first-order chi connectivity index (χ1) is 32.8. The molecule has 12 aliphatic carbocycles. The molecule has 12 rings (SSSR count). The third-order valence-corrected chi connectivity index (χ3v) is 25.2. The van der Waals surface area contributed by atoms with Crippen LogP contribution in [0.25, 0.3) is 0 Å². The van der Waals surface area contributed by atoms with E-state index in [0.717, 1.165) is 119 Å². The van der Waals surface area contributed by atoms with Crippen molar-refractivity contribution in [2.75, 3.05) is 0 Å². The van der Waals surface area contributed by atoms with Crippen molar-refractivity contribution >= 4 is 0 Å². The summed E-state index contributed by atoms with van der Waals surface area (Å²) in [5.41, 5.74) is 0. The Bertz CT molecular complexity index is 1290. The summed E-state index contributed by atoms with van der Waals surface area (Å²) in [5.74, 6) is 15.3. The highest BCUT2D eigenvalue weighted by Gasteiger charge is 2.62. The maximum absolute atomic E-state index is 3.36. The first-order valence-corrected chi connectivity index (χ1v) is 32.3. The predicted molar refractivity (Wildman–Crippen MR) is 278 cm³/mol. The van der Waals surface area contributed by atoms with E-state index in [0.29, 0.717) is 0 Å². The van der Waals surface area contributed by atoms with Crippen LogP contribution in [0.5, 0.6) is 0 Å². The molecule has 0 aliphatic heterocycles. The molecule has 0 aromatic rings. The molecule has 0 aromatic heterocycles. The largest absolute Gasteiger partial charge is 0.294 e. The lowest BCUT2D eigenvalue weighted by molar-refractivity contribution is -0.175. The summed E-state index contributed by atoms with van der Waals surface area (Å²) < 4.78 is 0. The lowest BCUT2D eigenvalue weighted by atomic mass is 9.39. The fourth-order valence-electron chi connectivity index (χ4n) is 23.3. The van der Waals surface area contributed by atoms with E-state index in [2.05, 4.69) is 9.80 Å². The Morgan fingerprint density at radius 1 is 0.167 bits per heavy atom. The molecule has 0 heterocycles. The molecule has 0 spiro atoms. The smallest absolute Gasteiger partial charge is 0.0104 e. The first-order valence-electron chi connectivity index (χ1n) is 32.3. The summed E-state index contributed by atoms with van der Waals surface area (Å²) in [7, 11) is 0. The van der Waals surface area contributed by atoms with Crippen LogP contribution in [0.1, 0.15) is 283 Å². The van der Waals surface area contributed by atoms with Gasteiger partial charge in [-0.1, -0.05) is 154 Å². The van der Waals surface area contributed by atoms with Crippen LogP contribution in [0.15, 0.2) is 0 Å². The van der Waals surface area contributed by atoms with E-state index in [1.54, 1.807) is 154 Å². The van der Waals surface area contributed by atoms with E-state index < -0.39 is 0 Å². The zero-order valence-electron chi connectivity index (χ0n) is 43.6. The molecule has 12 fully saturated rings. The Kier molecular flexibility index (Phi) is 15.6. The van der Waals surface area contributed by atoms with Crippen molar-refractivity contribution in [3.05, 3.63) is 0 Å². The van der Waals surface area contributed by atoms with Crippen LogP contribution in [-0.2, 0) is 0 Å². The number of hydrogen-bond acceptors (Lipinski definition) is 2. The van der Waals surface area contributed by atoms with Gasteiger partial charge in [0.2, 0.25) is 0 Å². The predicted octanol–water partition coefficient (Wildman–Crippen LogP) is 17.8. The molecule has 12 saturated carbocycles. The van der Waals surface area contributed by atoms with Crippen molar-refractivity contribution in [1.29, 1.82) is 0 Å². The average Bonchev–Trinajstić information content (AvgIpc) is 3.39. The first kappa shape index (κ1) is 47.0. The Morgan fingerprint density at radius 2 is 0.379 bits per heavy atom. The molecule has 0 bridgehead atoms. The second kappa shape index (κ2) is 22.0. The van der Waals surface area contributed by atoms with Crippen LogP contribution < -0.4 is 0 Å². The number of fused-ring (bicyclic) bond motifs is 4. The Balaban J connectivity index is 0.833. The van der Waals surface area contributed by atoms with E-state index in [1.165, 1.54) is 128 Å². The Hall–Kier alpha value is -0.0800. The SMILES string of the molecule is C1CCC(N(C2CCCCC2)C2CCCC(C3C4CCCCC4C(C4C5CCCCC5C(C5CCCC(N(C6CCCCC6)C6CCCCC6)C5)C5CCCCC54)C4CCCCC43)C2)CC1. The van der Waals surface area contributed by atoms with Crippen LogP contribution in [0.3, 0.4) is 0 Å². The third kappa shape index (κ3) is 9.42. The highest BCUT2D eigenvalue weighted by Crippen LogP contribution is 2.68. The summed E-state index contributed by atoms with van der Waals surface area (Å²) in [6.45, 7) is 0. The van der Waals surface area contributed by atoms with Gasteiger partial charge in [0.15, 0.2) is 0 Å². The lowest BCUT2D eigenvalue weighted by Crippen LogP contribution is -2.60. The van der Waals surface area contributed by atoms with E-state index in [-0.39, 0.29) is 0 Å². The van der Waals surface area contributed by atoms with Gasteiger partial charge in [0.25, 0.3) is 0 Å². The van der Waals surface area contributed by atoms with Gasteiger partial charge in [-0.25, -0.2) is 0 Å². The molecule has 0 N–H and O–H groups in total. The second-order valence-corrected chi connectivity index (χ2v) is 28.0. The van der Waals surface area contributed by atoms with Crippen LogP contribution in [0.4, 0.5) is 0 Å². The van der Waals surface area contributed by atoms with Crippen molar-refractivity contribution in [2.45, 2.75) is 319 Å². The highest BCUT2D eigenvalue weighted by molar-refractivity contribution is 5.11. The van der Waals surface area contributed by atoms with Gasteiger partial charge in [-0.2, -0.15) is 0 Å². The maximum Gasteiger partial charge on any atom is 0.0104 e. The minimum absolute atomic E-state index is 0.926. The van der Waals surface area contributed by atoms with Gasteiger partial charge in [-0.3, -0.25) is 9.80 Å². The maximum atomic E-state index is 3.36. The molecule has 2 heteroatoms. The average molecular weight is 906 g/mol. The highest BCUT2D eigenvalue weighted by atomic mass is 15.2. The summed E-state index contributed by atoms with van der Waals surface area (Å²) in [6, 6.07) is 5.58. The standard InChI is InChI=1S/C64H108N2/c1-5-25-47(26-6-1)65(48-27-7-2-8-28-48)51-33-21-23-45(43-51)61-53-35-13-17-39-57(53)63(58-40-18-14-36-54(58)61)64-59-41-19-15-37-55(59)62(56-38-16-20-42-60(56)64)46-24-22-34-52(44-46)66(49-29-9-3-10-30-49)50-31-11-4-12-32-50/h45-64H,1-44H2. The fraction of sp³-hybridized carbons (Fsp3) is 1.00. The lowest BCUT2D eigenvalue weighted by Gasteiger charge is -2.66. The minimum Gasteiger partial charge on any atom is -0.294 e. The number of nitrogens with zero attached hydrogens (tertiary/aromatic N) is 2. The van der Waals surface area contributed by atoms with Crippen LogP contribution >= 0.6 is 0 Å². The molecule has 374 valence electrons. The second-order valence-electron chi connectivity index (χ2n) is 28.0. The summed E-state index contributed by atoms with van der Waals surface area (Å²) >= 11 is 0. The molecule has 0 radical (unpaired) electrons. The van der Waals surface area contributed by atoms with Gasteiger partial charge >= 0.3 is 0 Å². The van der Waals surface area contributed by atoms with Crippen LogP contribution in [-0.4, -0.2) is 46.1 Å². The van der Waals surface area contributed by atoms with Crippen LogP contribution in [0, 0.1) is 82.9 Å². The van der Waals surface area contributed by atoms with Gasteiger partial charge in [-0.15, -0.1) is 0 Å². The molecule has 2 nitrogen and oxygen atoms in total. The third-order valence-electron chi connectivity index (χ3n) is 25.2. The number of hydrogen-bond donors (Lipinski definition) is 0. The van der Waals surface area contributed by atoms with E-state index in [9.17, 15) is 0 Å². The van der Waals surface area contributed by atoms with Crippen molar-refractivity contribution in [2.24, 2.45) is 82.9 Å². The van der Waals surface area contributed by atoms with Crippen LogP contribution in [0.2, 0.25) is 0 Å². The van der Waals surface area contributed by atoms with Gasteiger partial charge in [-0.05, 0) is 211 Å². The molecular formula is C64H108N2. The molecule has 12 aliphatic rings. The quantitative estimate of drug-likeness (QED) is 0.227. The van der Waals surface area contributed by atoms with Gasteiger partial charge < -0.3 is 0 Å². The Labute approximate surface area is 409 Å². The summed E-state index contributed by atoms with van der Waals surface area (Å²) in [5, 5.41) is 0. The summed E-state index contributed by atoms with van der Waals surface area (Å²) in [6.07, 6.45) is 69.1. The zero-order valence-corrected chi connectivity index (χ0v) is 43.6. The van der Waals surface area contributed by atoms with Crippen molar-refractivity contribution < 1.29 is 0 Å². The Morgan fingerprint density at radius 3 is 0.636 bits per heavy atom. The zero-order chi connectivity index (χ0) is 43.8. The molecule has 0 saturated heterocycles. The topological polar surface area (TPSA) is 6.48 Å². The molecule has 0 aromatic carbocycles. The van der Waals surface area contributed by atoms with Crippen molar-refractivity contribution in [3.63, 3.8) is 0 Å². The molecule has 0 amide bonds. The van der Waals surface area contributed by atoms with Gasteiger partial charge in [0.05, 0.1) is 0 Å². The fourth-order valence-corrected chi connectivity index (χ4v) is 23.3. The van der Waals surface area contributed by atoms with E-state index >= 15 is 0 Å². The molecule has 12 atom stereocenters. The minimum atomic E-state index is 0.926. The molecule has 66 heavy (non-hydrogen) atoms. The van der Waals surface area contributed by atoms with Gasteiger partial charge in [0.1, 0.15) is 0 Å². The normalized spacial score (nSPS) is 46.3. The van der Waals surface area contributed by atoms with Gasteiger partial charge in [0, 0.05) is 36.3 Å². The van der Waals surface area contributed by atoms with Crippen molar-refractivity contribution in [3.8, 4) is 0 Å².